The number of hydrogen-bond acceptors (Lipinski definition) is 7. The van der Waals surface area contributed by atoms with E-state index in [0.29, 0.717) is 41.2 Å². The number of carbonyl (C=O) groups is 2. The van der Waals surface area contributed by atoms with Crippen LogP contribution in [0.25, 0.3) is 11.1 Å². The summed E-state index contributed by atoms with van der Waals surface area (Å²) in [4.78, 5) is 35.7. The highest BCUT2D eigenvalue weighted by Gasteiger charge is 2.57. The number of nitrogens with one attached hydrogen (secondary N) is 2. The van der Waals surface area contributed by atoms with Gasteiger partial charge in [0.1, 0.15) is 12.1 Å². The number of amides is 2. The van der Waals surface area contributed by atoms with Gasteiger partial charge in [0.15, 0.2) is 0 Å². The van der Waals surface area contributed by atoms with Gasteiger partial charge in [0.05, 0.1) is 19.3 Å². The standard InChI is InChI=1S/C39H58N4O5/c1-23(2)15-31(21-42(7)8)40-37(46)29-14-10-13-28(17-29)27-12-9-11-26(16-27)20-43-36(35(25(4)45)34(22-44)48-43)38(47)41-33-19-30-18-32(24(33)3)39(30,5)6/h9-14,16-17,23-25,30-36,44-45H,15,18-22H2,1-8H3,(H,40,46)(H,41,47)/t24-,25-,30?,31-,32?,33-,34-,35+,36-/m0/s1. The first-order chi connectivity index (χ1) is 22.7. The van der Waals surface area contributed by atoms with Crippen molar-refractivity contribution in [2.75, 3.05) is 27.2 Å². The van der Waals surface area contributed by atoms with E-state index in [2.05, 4.69) is 50.2 Å². The largest absolute Gasteiger partial charge is 0.394 e. The van der Waals surface area contributed by atoms with Crippen LogP contribution >= 0.6 is 0 Å². The average Bonchev–Trinajstić information content (AvgIpc) is 3.39. The Labute approximate surface area is 287 Å². The van der Waals surface area contributed by atoms with Gasteiger partial charge in [-0.15, -0.1) is 0 Å². The molecule has 2 amide bonds. The van der Waals surface area contributed by atoms with Crippen molar-refractivity contribution >= 4 is 11.8 Å². The predicted octanol–water partition coefficient (Wildman–Crippen LogP) is 4.72. The molecule has 4 aliphatic rings. The zero-order valence-corrected chi connectivity index (χ0v) is 30.1. The van der Waals surface area contributed by atoms with Gasteiger partial charge in [-0.1, -0.05) is 65.0 Å². The quantitative estimate of drug-likeness (QED) is 0.246. The Balaban J connectivity index is 1.32. The summed E-state index contributed by atoms with van der Waals surface area (Å²) in [6.07, 6.45) is 1.54. The molecule has 2 bridgehead atoms. The van der Waals surface area contributed by atoms with E-state index in [-0.39, 0.29) is 30.5 Å². The number of rotatable bonds is 13. The molecule has 2 aromatic rings. The fraction of sp³-hybridized carbons (Fsp3) is 0.641. The molecule has 2 aromatic carbocycles. The van der Waals surface area contributed by atoms with E-state index in [4.69, 9.17) is 4.84 Å². The van der Waals surface area contributed by atoms with Crippen LogP contribution in [-0.4, -0.2) is 89.6 Å². The Kier molecular flexibility index (Phi) is 11.4. The van der Waals surface area contributed by atoms with Crippen molar-refractivity contribution in [3.63, 3.8) is 0 Å². The van der Waals surface area contributed by atoms with Gasteiger partial charge in [0.2, 0.25) is 5.91 Å². The number of nitrogens with zero attached hydrogens (tertiary/aromatic N) is 2. The lowest BCUT2D eigenvalue weighted by Crippen LogP contribution is -2.62. The molecule has 0 radical (unpaired) electrons. The van der Waals surface area contributed by atoms with Gasteiger partial charge in [0, 0.05) is 30.1 Å². The minimum Gasteiger partial charge on any atom is -0.394 e. The van der Waals surface area contributed by atoms with Crippen LogP contribution in [0.5, 0.6) is 0 Å². The molecule has 6 rings (SSSR count). The number of carbonyl (C=O) groups excluding carboxylic acids is 2. The zero-order chi connectivity index (χ0) is 34.9. The third kappa shape index (κ3) is 7.81. The summed E-state index contributed by atoms with van der Waals surface area (Å²) in [5.74, 6) is 1.19. The first-order valence-electron chi connectivity index (χ1n) is 17.9. The average molecular weight is 663 g/mol. The van der Waals surface area contributed by atoms with Crippen molar-refractivity contribution in [1.82, 2.24) is 20.6 Å². The molecule has 9 nitrogen and oxygen atoms in total. The van der Waals surface area contributed by atoms with Gasteiger partial charge >= 0.3 is 0 Å². The summed E-state index contributed by atoms with van der Waals surface area (Å²) in [7, 11) is 4.03. The molecule has 2 unspecified atom stereocenters. The maximum absolute atomic E-state index is 14.0. The predicted molar refractivity (Wildman–Crippen MR) is 189 cm³/mol. The third-order valence-corrected chi connectivity index (χ3v) is 11.5. The van der Waals surface area contributed by atoms with Gasteiger partial charge < -0.3 is 25.7 Å². The summed E-state index contributed by atoms with van der Waals surface area (Å²) in [5, 5.41) is 29.2. The fourth-order valence-corrected chi connectivity index (χ4v) is 8.81. The molecule has 4 N–H and O–H groups in total. The van der Waals surface area contributed by atoms with Crippen LogP contribution in [0, 0.1) is 35.0 Å². The van der Waals surface area contributed by atoms with Crippen LogP contribution in [0.2, 0.25) is 0 Å². The Morgan fingerprint density at radius 2 is 1.75 bits per heavy atom. The monoisotopic (exact) mass is 662 g/mol. The second-order valence-corrected chi connectivity index (χ2v) is 16.1. The van der Waals surface area contributed by atoms with E-state index in [1.54, 1.807) is 12.0 Å². The van der Waals surface area contributed by atoms with Crippen LogP contribution in [-0.2, 0) is 16.2 Å². The molecule has 3 saturated carbocycles. The fourth-order valence-electron chi connectivity index (χ4n) is 8.81. The van der Waals surface area contributed by atoms with Crippen LogP contribution in [0.15, 0.2) is 48.5 Å². The van der Waals surface area contributed by atoms with Gasteiger partial charge in [-0.05, 0) is 104 Å². The Bertz CT molecular complexity index is 1420. The van der Waals surface area contributed by atoms with Crippen molar-refractivity contribution in [3.8, 4) is 11.1 Å². The molecular formula is C39H58N4O5. The first-order valence-corrected chi connectivity index (χ1v) is 17.9. The van der Waals surface area contributed by atoms with Crippen molar-refractivity contribution in [1.29, 1.82) is 0 Å². The smallest absolute Gasteiger partial charge is 0.251 e. The minimum atomic E-state index is -0.850. The van der Waals surface area contributed by atoms with Crippen molar-refractivity contribution in [3.05, 3.63) is 59.7 Å². The topological polar surface area (TPSA) is 114 Å². The van der Waals surface area contributed by atoms with E-state index < -0.39 is 24.2 Å². The lowest BCUT2D eigenvalue weighted by atomic mass is 9.45. The number of aliphatic hydroxyl groups is 2. The van der Waals surface area contributed by atoms with Crippen molar-refractivity contribution in [2.24, 2.45) is 35.0 Å². The summed E-state index contributed by atoms with van der Waals surface area (Å²) in [6, 6.07) is 15.0. The molecule has 0 aromatic heterocycles. The highest BCUT2D eigenvalue weighted by atomic mass is 16.7. The summed E-state index contributed by atoms with van der Waals surface area (Å²) in [6.45, 7) is 13.7. The molecule has 9 heteroatoms. The Morgan fingerprint density at radius 3 is 2.35 bits per heavy atom. The number of benzene rings is 2. The highest BCUT2D eigenvalue weighted by molar-refractivity contribution is 5.95. The highest BCUT2D eigenvalue weighted by Crippen LogP contribution is 2.61. The number of fused-ring (bicyclic) bond motifs is 2. The number of hydrogen-bond donors (Lipinski definition) is 4. The zero-order valence-electron chi connectivity index (χ0n) is 30.1. The molecule has 9 atom stereocenters. The maximum atomic E-state index is 14.0. The molecule has 1 heterocycles. The maximum Gasteiger partial charge on any atom is 0.251 e. The molecular weight excluding hydrogens is 604 g/mol. The van der Waals surface area contributed by atoms with Gasteiger partial charge in [-0.25, -0.2) is 0 Å². The van der Waals surface area contributed by atoms with E-state index in [1.807, 2.05) is 62.6 Å². The van der Waals surface area contributed by atoms with E-state index in [1.165, 1.54) is 6.42 Å². The molecule has 1 saturated heterocycles. The lowest BCUT2D eigenvalue weighted by Gasteiger charge is -2.62. The molecule has 3 aliphatic carbocycles. The first kappa shape index (κ1) is 36.5. The summed E-state index contributed by atoms with van der Waals surface area (Å²) < 4.78 is 0. The molecule has 48 heavy (non-hydrogen) atoms. The van der Waals surface area contributed by atoms with Gasteiger partial charge in [0.25, 0.3) is 5.91 Å². The molecule has 4 fully saturated rings. The molecule has 0 spiro atoms. The molecule has 1 aliphatic heterocycles. The number of hydroxylamine groups is 2. The number of aliphatic hydroxyl groups excluding tert-OH is 2. The third-order valence-electron chi connectivity index (χ3n) is 11.5. The Hall–Kier alpha value is -2.82. The minimum absolute atomic E-state index is 0.0529. The second kappa shape index (κ2) is 15.0. The molecule has 264 valence electrons. The van der Waals surface area contributed by atoms with E-state index >= 15 is 0 Å². The lowest BCUT2D eigenvalue weighted by molar-refractivity contribution is -0.183. The number of likely N-dealkylation sites (N-methyl/N-ethyl adjacent to an activating group) is 1. The van der Waals surface area contributed by atoms with Gasteiger partial charge in [-0.3, -0.25) is 14.4 Å². The van der Waals surface area contributed by atoms with Gasteiger partial charge in [-0.2, -0.15) is 5.06 Å². The van der Waals surface area contributed by atoms with Crippen LogP contribution in [0.1, 0.15) is 76.7 Å². The normalized spacial score (nSPS) is 29.4. The second-order valence-electron chi connectivity index (χ2n) is 16.1. The van der Waals surface area contributed by atoms with E-state index in [9.17, 15) is 19.8 Å². The summed E-state index contributed by atoms with van der Waals surface area (Å²) in [5.41, 5.74) is 3.69. The summed E-state index contributed by atoms with van der Waals surface area (Å²) >= 11 is 0. The van der Waals surface area contributed by atoms with Crippen LogP contribution < -0.4 is 10.6 Å². The van der Waals surface area contributed by atoms with Crippen LogP contribution in [0.3, 0.4) is 0 Å². The Morgan fingerprint density at radius 1 is 1.06 bits per heavy atom. The van der Waals surface area contributed by atoms with Crippen molar-refractivity contribution < 1.29 is 24.6 Å². The van der Waals surface area contributed by atoms with E-state index in [0.717, 1.165) is 36.1 Å². The van der Waals surface area contributed by atoms with Crippen molar-refractivity contribution in [2.45, 2.75) is 97.7 Å². The van der Waals surface area contributed by atoms with Crippen LogP contribution in [0.4, 0.5) is 0 Å². The SMILES string of the molecule is CC(C)C[C@@H](CN(C)C)NC(=O)c1cccc(-c2cccc(CN3O[C@@H](CO)[C@@H]([C@H](C)O)[C@H]3C(=O)N[C@H]3CC4CC([C@@H]3C)C4(C)C)c2)c1.